The molecule has 1 atom stereocenters. The monoisotopic (exact) mass is 397 g/mol. The Morgan fingerprint density at radius 3 is 2.07 bits per heavy atom. The third-order valence-corrected chi connectivity index (χ3v) is 4.62. The third kappa shape index (κ3) is 5.67. The topological polar surface area (TPSA) is 81.7 Å². The number of anilines is 1. The fourth-order valence-electron chi connectivity index (χ4n) is 2.99. The van der Waals surface area contributed by atoms with Crippen LogP contribution in [0.4, 0.5) is 5.69 Å². The number of nitrogens with one attached hydrogen (secondary N) is 1. The summed E-state index contributed by atoms with van der Waals surface area (Å²) in [5.74, 6) is -1.36. The summed E-state index contributed by atoms with van der Waals surface area (Å²) in [5, 5.41) is 2.74. The minimum Gasteiger partial charge on any atom is -0.465 e. The van der Waals surface area contributed by atoms with Gasteiger partial charge in [-0.1, -0.05) is 38.1 Å². The summed E-state index contributed by atoms with van der Waals surface area (Å²) in [6, 6.07) is 12.2. The number of esters is 2. The van der Waals surface area contributed by atoms with Crippen molar-refractivity contribution in [3.05, 3.63) is 64.7 Å². The predicted octanol–water partition coefficient (Wildman–Crippen LogP) is 4.20. The fraction of sp³-hybridized carbons (Fsp3) is 0.348. The Bertz CT molecular complexity index is 887. The van der Waals surface area contributed by atoms with Crippen LogP contribution in [0.15, 0.2) is 42.5 Å². The van der Waals surface area contributed by atoms with E-state index >= 15 is 0 Å². The number of rotatable bonds is 7. The summed E-state index contributed by atoms with van der Waals surface area (Å²) < 4.78 is 9.48. The van der Waals surface area contributed by atoms with E-state index in [1.165, 1.54) is 38.0 Å². The van der Waals surface area contributed by atoms with Crippen LogP contribution in [0, 0.1) is 5.92 Å². The van der Waals surface area contributed by atoms with Crippen LogP contribution in [-0.2, 0) is 20.7 Å². The highest BCUT2D eigenvalue weighted by atomic mass is 16.5. The number of hydrogen-bond acceptors (Lipinski definition) is 5. The Labute approximate surface area is 171 Å². The Morgan fingerprint density at radius 1 is 0.897 bits per heavy atom. The molecule has 6 nitrogen and oxygen atoms in total. The molecule has 0 aliphatic heterocycles. The Hall–Kier alpha value is -3.15. The largest absolute Gasteiger partial charge is 0.465 e. The number of amides is 1. The zero-order chi connectivity index (χ0) is 21.6. The van der Waals surface area contributed by atoms with Gasteiger partial charge in [0.05, 0.1) is 37.0 Å². The second kappa shape index (κ2) is 9.87. The van der Waals surface area contributed by atoms with Gasteiger partial charge in [-0.3, -0.25) is 4.79 Å². The first-order chi connectivity index (χ1) is 13.8. The summed E-state index contributed by atoms with van der Waals surface area (Å²) in [6.07, 6.45) is 0.976. The number of methoxy groups -OCH3 is 2. The Morgan fingerprint density at radius 2 is 1.52 bits per heavy atom. The van der Waals surface area contributed by atoms with Gasteiger partial charge in [0.15, 0.2) is 0 Å². The van der Waals surface area contributed by atoms with Crippen molar-refractivity contribution in [1.82, 2.24) is 0 Å². The molecule has 1 amide bonds. The third-order valence-electron chi connectivity index (χ3n) is 4.62. The van der Waals surface area contributed by atoms with Gasteiger partial charge in [-0.2, -0.15) is 0 Å². The summed E-state index contributed by atoms with van der Waals surface area (Å²) in [6.45, 7) is 6.10. The number of carbonyl (C=O) groups excluding carboxylic acids is 3. The number of benzene rings is 2. The van der Waals surface area contributed by atoms with Crippen LogP contribution in [0.2, 0.25) is 0 Å². The molecule has 2 rings (SSSR count). The highest BCUT2D eigenvalue weighted by Crippen LogP contribution is 2.23. The molecule has 0 spiro atoms. The van der Waals surface area contributed by atoms with Crippen molar-refractivity contribution >= 4 is 23.5 Å². The molecule has 0 saturated heterocycles. The van der Waals surface area contributed by atoms with E-state index in [2.05, 4.69) is 19.2 Å². The first kappa shape index (κ1) is 22.1. The van der Waals surface area contributed by atoms with E-state index in [4.69, 9.17) is 9.47 Å². The maximum Gasteiger partial charge on any atom is 0.339 e. The first-order valence-corrected chi connectivity index (χ1v) is 9.47. The van der Waals surface area contributed by atoms with Gasteiger partial charge in [0.1, 0.15) is 0 Å². The lowest BCUT2D eigenvalue weighted by Crippen LogP contribution is -2.21. The molecule has 0 heterocycles. The quantitative estimate of drug-likeness (QED) is 0.708. The zero-order valence-corrected chi connectivity index (χ0v) is 17.4. The van der Waals surface area contributed by atoms with Crippen LogP contribution in [0.5, 0.6) is 0 Å². The van der Waals surface area contributed by atoms with Crippen molar-refractivity contribution in [2.75, 3.05) is 19.5 Å². The van der Waals surface area contributed by atoms with Gasteiger partial charge in [-0.25, -0.2) is 9.59 Å². The Kier molecular flexibility index (Phi) is 7.53. The lowest BCUT2D eigenvalue weighted by molar-refractivity contribution is -0.117. The summed E-state index contributed by atoms with van der Waals surface area (Å²) in [7, 11) is 2.52. The Balaban J connectivity index is 2.25. The van der Waals surface area contributed by atoms with E-state index in [-0.39, 0.29) is 22.7 Å². The first-order valence-electron chi connectivity index (χ1n) is 9.47. The molecule has 0 aliphatic rings. The van der Waals surface area contributed by atoms with Crippen LogP contribution in [-0.4, -0.2) is 32.1 Å². The number of ether oxygens (including phenoxy) is 2. The van der Waals surface area contributed by atoms with Gasteiger partial charge >= 0.3 is 11.9 Å². The molecular weight excluding hydrogens is 370 g/mol. The minimum atomic E-state index is -0.609. The van der Waals surface area contributed by atoms with Crippen molar-refractivity contribution in [1.29, 1.82) is 0 Å². The molecule has 0 bridgehead atoms. The molecule has 0 radical (unpaired) electrons. The molecule has 6 heteroatoms. The maximum atomic E-state index is 12.8. The lowest BCUT2D eigenvalue weighted by atomic mass is 9.96. The van der Waals surface area contributed by atoms with Gasteiger partial charge in [0, 0.05) is 0 Å². The highest BCUT2D eigenvalue weighted by molar-refractivity contribution is 6.04. The van der Waals surface area contributed by atoms with Gasteiger partial charge in [-0.15, -0.1) is 0 Å². The molecule has 0 aromatic heterocycles. The second-order valence-electron chi connectivity index (χ2n) is 7.29. The van der Waals surface area contributed by atoms with E-state index in [9.17, 15) is 14.4 Å². The molecule has 29 heavy (non-hydrogen) atoms. The molecule has 154 valence electrons. The molecule has 0 aliphatic carbocycles. The van der Waals surface area contributed by atoms with Crippen LogP contribution in [0.3, 0.4) is 0 Å². The van der Waals surface area contributed by atoms with Crippen molar-refractivity contribution in [2.45, 2.75) is 33.1 Å². The average Bonchev–Trinajstić information content (AvgIpc) is 2.72. The van der Waals surface area contributed by atoms with Crippen molar-refractivity contribution < 1.29 is 23.9 Å². The lowest BCUT2D eigenvalue weighted by Gasteiger charge is -2.16. The maximum absolute atomic E-state index is 12.8. The van der Waals surface area contributed by atoms with Crippen LogP contribution >= 0.6 is 0 Å². The van der Waals surface area contributed by atoms with E-state index in [1.54, 1.807) is 6.92 Å². The van der Waals surface area contributed by atoms with Gasteiger partial charge in [-0.05, 0) is 48.6 Å². The SMILES string of the molecule is COC(=O)c1ccc(C(=O)OC)c(NC(=O)[C@H](C)c2ccc(CC(C)C)cc2)c1. The van der Waals surface area contributed by atoms with Crippen LogP contribution in [0.25, 0.3) is 0 Å². The second-order valence-corrected chi connectivity index (χ2v) is 7.29. The normalized spacial score (nSPS) is 11.7. The minimum absolute atomic E-state index is 0.160. The van der Waals surface area contributed by atoms with E-state index in [0.717, 1.165) is 12.0 Å². The molecule has 0 saturated carbocycles. The van der Waals surface area contributed by atoms with Crippen molar-refractivity contribution in [2.24, 2.45) is 5.92 Å². The van der Waals surface area contributed by atoms with Gasteiger partial charge in [0.25, 0.3) is 0 Å². The highest BCUT2D eigenvalue weighted by Gasteiger charge is 2.21. The number of carbonyl (C=O) groups is 3. The number of hydrogen-bond donors (Lipinski definition) is 1. The van der Waals surface area contributed by atoms with Crippen LogP contribution < -0.4 is 5.32 Å². The van der Waals surface area contributed by atoms with Gasteiger partial charge < -0.3 is 14.8 Å². The molecular formula is C23H27NO5. The smallest absolute Gasteiger partial charge is 0.339 e. The molecule has 1 N–H and O–H groups in total. The predicted molar refractivity (Wildman–Crippen MR) is 111 cm³/mol. The van der Waals surface area contributed by atoms with E-state index < -0.39 is 17.9 Å². The summed E-state index contributed by atoms with van der Waals surface area (Å²) >= 11 is 0. The molecule has 0 fully saturated rings. The van der Waals surface area contributed by atoms with Crippen molar-refractivity contribution in [3.8, 4) is 0 Å². The molecule has 2 aromatic rings. The average molecular weight is 397 g/mol. The van der Waals surface area contributed by atoms with Gasteiger partial charge in [0.2, 0.25) is 5.91 Å². The standard InChI is InChI=1S/C23H27NO5/c1-14(2)12-16-6-8-17(9-7-16)15(3)21(25)24-20-13-18(22(26)28-4)10-11-19(20)23(27)29-5/h6-11,13-15H,12H2,1-5H3,(H,24,25)/t15-/m1/s1. The fourth-order valence-corrected chi connectivity index (χ4v) is 2.99. The molecule has 2 aromatic carbocycles. The molecule has 0 unspecified atom stereocenters. The van der Waals surface area contributed by atoms with Crippen LogP contribution in [0.1, 0.15) is 58.5 Å². The summed E-state index contributed by atoms with van der Waals surface area (Å²) in [5.41, 5.74) is 2.66. The zero-order valence-electron chi connectivity index (χ0n) is 17.4. The summed E-state index contributed by atoms with van der Waals surface area (Å²) in [4.78, 5) is 36.7. The van der Waals surface area contributed by atoms with E-state index in [1.807, 2.05) is 24.3 Å². The van der Waals surface area contributed by atoms with E-state index in [0.29, 0.717) is 5.92 Å². The van der Waals surface area contributed by atoms with Crippen molar-refractivity contribution in [3.63, 3.8) is 0 Å².